The van der Waals surface area contributed by atoms with Crippen LogP contribution in [0.3, 0.4) is 0 Å². The number of hydrogen-bond donors (Lipinski definition) is 2. The number of nitrogens with two attached hydrogens (primary N) is 1. The first-order chi connectivity index (χ1) is 10.3. The van der Waals surface area contributed by atoms with Gasteiger partial charge in [0.25, 0.3) is 5.56 Å². The van der Waals surface area contributed by atoms with E-state index >= 15 is 0 Å². The van der Waals surface area contributed by atoms with Crippen molar-refractivity contribution in [3.63, 3.8) is 0 Å². The van der Waals surface area contributed by atoms with Gasteiger partial charge in [-0.15, -0.1) is 12.4 Å². The van der Waals surface area contributed by atoms with Crippen LogP contribution in [0.25, 0.3) is 11.2 Å². The van der Waals surface area contributed by atoms with E-state index in [1.54, 1.807) is 6.33 Å². The third-order valence-corrected chi connectivity index (χ3v) is 3.35. The number of fused-ring (bicyclic) bond motifs is 1. The minimum Gasteiger partial charge on any atom is -0.330 e. The monoisotopic (exact) mass is 319 g/mol. The van der Waals surface area contributed by atoms with Crippen LogP contribution in [0.2, 0.25) is 0 Å². The van der Waals surface area contributed by atoms with E-state index in [2.05, 4.69) is 15.0 Å². The Morgan fingerprint density at radius 1 is 1.23 bits per heavy atom. The van der Waals surface area contributed by atoms with Crippen molar-refractivity contribution in [1.82, 2.24) is 19.5 Å². The van der Waals surface area contributed by atoms with Crippen LogP contribution in [0, 0.1) is 0 Å². The maximum atomic E-state index is 12.2. The summed E-state index contributed by atoms with van der Waals surface area (Å²) in [6.07, 6.45) is 3.11. The fraction of sp³-hybridized carbons (Fsp3) is 0.267. The molecule has 7 heteroatoms. The van der Waals surface area contributed by atoms with Gasteiger partial charge in [0, 0.05) is 13.0 Å². The first-order valence-electron chi connectivity index (χ1n) is 6.96. The van der Waals surface area contributed by atoms with Crippen LogP contribution in [0.5, 0.6) is 0 Å². The molecule has 3 rings (SSSR count). The van der Waals surface area contributed by atoms with E-state index in [9.17, 15) is 4.79 Å². The number of imidazole rings is 1. The second-order valence-electron chi connectivity index (χ2n) is 4.94. The van der Waals surface area contributed by atoms with Gasteiger partial charge in [0.1, 0.15) is 5.82 Å². The first kappa shape index (κ1) is 16.2. The van der Waals surface area contributed by atoms with Crippen LogP contribution >= 0.6 is 12.4 Å². The zero-order valence-electron chi connectivity index (χ0n) is 12.0. The Morgan fingerprint density at radius 2 is 2.00 bits per heavy atom. The Bertz CT molecular complexity index is 797. The molecule has 3 aromatic rings. The molecule has 116 valence electrons. The summed E-state index contributed by atoms with van der Waals surface area (Å²) in [4.78, 5) is 23.7. The Hall–Kier alpha value is -2.18. The quantitative estimate of drug-likeness (QED) is 0.745. The van der Waals surface area contributed by atoms with Crippen molar-refractivity contribution in [1.29, 1.82) is 0 Å². The third kappa shape index (κ3) is 3.35. The van der Waals surface area contributed by atoms with Crippen LogP contribution in [0.4, 0.5) is 0 Å². The van der Waals surface area contributed by atoms with Crippen molar-refractivity contribution in [2.45, 2.75) is 19.4 Å². The number of aromatic amines is 1. The maximum Gasteiger partial charge on any atom is 0.277 e. The van der Waals surface area contributed by atoms with E-state index in [1.165, 1.54) is 0 Å². The van der Waals surface area contributed by atoms with Crippen molar-refractivity contribution in [3.8, 4) is 0 Å². The van der Waals surface area contributed by atoms with Crippen molar-refractivity contribution in [3.05, 3.63) is 58.4 Å². The number of halogens is 1. The van der Waals surface area contributed by atoms with E-state index in [-0.39, 0.29) is 18.0 Å². The van der Waals surface area contributed by atoms with Gasteiger partial charge in [0.2, 0.25) is 0 Å². The van der Waals surface area contributed by atoms with E-state index in [1.807, 2.05) is 34.9 Å². The molecule has 0 radical (unpaired) electrons. The van der Waals surface area contributed by atoms with Gasteiger partial charge in [0.05, 0.1) is 6.33 Å². The second kappa shape index (κ2) is 7.20. The highest BCUT2D eigenvalue weighted by atomic mass is 35.5. The minimum absolute atomic E-state index is 0. The van der Waals surface area contributed by atoms with Crippen molar-refractivity contribution >= 4 is 23.6 Å². The second-order valence-corrected chi connectivity index (χ2v) is 4.94. The van der Waals surface area contributed by atoms with E-state index in [0.717, 1.165) is 12.0 Å². The molecule has 0 aliphatic carbocycles. The lowest BCUT2D eigenvalue weighted by atomic mass is 10.2. The summed E-state index contributed by atoms with van der Waals surface area (Å²) in [6.45, 7) is 1.18. The third-order valence-electron chi connectivity index (χ3n) is 3.35. The molecule has 3 N–H and O–H groups in total. The van der Waals surface area contributed by atoms with Crippen molar-refractivity contribution < 1.29 is 0 Å². The number of hydrogen-bond acceptors (Lipinski definition) is 4. The lowest BCUT2D eigenvalue weighted by Gasteiger charge is -2.04. The summed E-state index contributed by atoms with van der Waals surface area (Å²) in [5.41, 5.74) is 7.44. The van der Waals surface area contributed by atoms with Crippen LogP contribution in [0.1, 0.15) is 17.8 Å². The molecule has 0 bridgehead atoms. The molecule has 0 fully saturated rings. The molecule has 1 aromatic carbocycles. The maximum absolute atomic E-state index is 12.2. The van der Waals surface area contributed by atoms with Crippen LogP contribution in [-0.2, 0) is 13.0 Å². The lowest BCUT2D eigenvalue weighted by Crippen LogP contribution is -2.16. The topological polar surface area (TPSA) is 89.6 Å². The van der Waals surface area contributed by atoms with Gasteiger partial charge in [-0.25, -0.2) is 9.97 Å². The molecule has 22 heavy (non-hydrogen) atoms. The molecule has 0 unspecified atom stereocenters. The molecule has 0 aliphatic heterocycles. The molecule has 2 aromatic heterocycles. The fourth-order valence-electron chi connectivity index (χ4n) is 2.32. The van der Waals surface area contributed by atoms with Crippen molar-refractivity contribution in [2.75, 3.05) is 6.54 Å². The Labute approximate surface area is 133 Å². The van der Waals surface area contributed by atoms with E-state index in [0.29, 0.717) is 36.5 Å². The molecule has 2 heterocycles. The minimum atomic E-state index is -0.152. The number of nitrogens with zero attached hydrogens (tertiary/aromatic N) is 3. The summed E-state index contributed by atoms with van der Waals surface area (Å²) in [7, 11) is 0. The number of nitrogens with one attached hydrogen (secondary N) is 1. The largest absolute Gasteiger partial charge is 0.330 e. The van der Waals surface area contributed by atoms with Gasteiger partial charge in [-0.3, -0.25) is 4.79 Å². The van der Waals surface area contributed by atoms with Gasteiger partial charge < -0.3 is 15.3 Å². The standard InChI is InChI=1S/C15H17N5O.ClH/c16-8-4-7-12-18-14-13(15(21)19-12)20(10-17-14)9-11-5-2-1-3-6-11;/h1-3,5-6,10H,4,7-9,16H2,(H,18,19,21);1H. The predicted octanol–water partition coefficient (Wildman–Crippen LogP) is 1.48. The number of H-pyrrole nitrogens is 1. The van der Waals surface area contributed by atoms with Gasteiger partial charge in [-0.1, -0.05) is 30.3 Å². The van der Waals surface area contributed by atoms with E-state index in [4.69, 9.17) is 5.73 Å². The Kier molecular flexibility index (Phi) is 5.30. The number of benzene rings is 1. The molecule has 0 spiro atoms. The zero-order chi connectivity index (χ0) is 14.7. The normalized spacial score (nSPS) is 10.6. The average molecular weight is 320 g/mol. The Balaban J connectivity index is 0.00000176. The summed E-state index contributed by atoms with van der Waals surface area (Å²) in [5.74, 6) is 0.642. The zero-order valence-corrected chi connectivity index (χ0v) is 12.8. The number of aromatic nitrogens is 4. The molecule has 0 saturated carbocycles. The molecule has 0 atom stereocenters. The van der Waals surface area contributed by atoms with Gasteiger partial charge in [-0.05, 0) is 18.5 Å². The number of rotatable bonds is 5. The molecule has 0 aliphatic rings. The van der Waals surface area contributed by atoms with Gasteiger partial charge in [-0.2, -0.15) is 0 Å². The summed E-state index contributed by atoms with van der Waals surface area (Å²) in [5, 5.41) is 0. The summed E-state index contributed by atoms with van der Waals surface area (Å²) in [6, 6.07) is 9.95. The summed E-state index contributed by atoms with van der Waals surface area (Å²) >= 11 is 0. The highest BCUT2D eigenvalue weighted by Gasteiger charge is 2.10. The molecule has 0 amide bonds. The SMILES string of the molecule is Cl.NCCCc1nc2ncn(Cc3ccccc3)c2c(=O)[nH]1. The summed E-state index contributed by atoms with van der Waals surface area (Å²) < 4.78 is 1.82. The van der Waals surface area contributed by atoms with Crippen molar-refractivity contribution in [2.24, 2.45) is 5.73 Å². The molecular formula is C15H18ClN5O. The van der Waals surface area contributed by atoms with Gasteiger partial charge in [0.15, 0.2) is 11.2 Å². The smallest absolute Gasteiger partial charge is 0.277 e. The predicted molar refractivity (Wildman–Crippen MR) is 88.3 cm³/mol. The first-order valence-corrected chi connectivity index (χ1v) is 6.96. The fourth-order valence-corrected chi connectivity index (χ4v) is 2.32. The van der Waals surface area contributed by atoms with Crippen LogP contribution in [-0.4, -0.2) is 26.1 Å². The highest BCUT2D eigenvalue weighted by molar-refractivity contribution is 5.85. The number of aryl methyl sites for hydroxylation is 1. The average Bonchev–Trinajstić information content (AvgIpc) is 2.90. The lowest BCUT2D eigenvalue weighted by molar-refractivity contribution is 0.777. The molecule has 0 saturated heterocycles. The van der Waals surface area contributed by atoms with Gasteiger partial charge >= 0.3 is 0 Å². The molecular weight excluding hydrogens is 302 g/mol. The van der Waals surface area contributed by atoms with Crippen LogP contribution < -0.4 is 11.3 Å². The van der Waals surface area contributed by atoms with Crippen LogP contribution in [0.15, 0.2) is 41.5 Å². The highest BCUT2D eigenvalue weighted by Crippen LogP contribution is 2.09. The Morgan fingerprint density at radius 3 is 2.73 bits per heavy atom. The molecule has 6 nitrogen and oxygen atoms in total. The van der Waals surface area contributed by atoms with E-state index < -0.39 is 0 Å².